The number of rotatable bonds is 6. The highest BCUT2D eigenvalue weighted by molar-refractivity contribution is 6.39. The van der Waals surface area contributed by atoms with Crippen LogP contribution < -0.4 is 10.6 Å². The number of ketones is 1. The molecule has 2 amide bonds. The zero-order valence-corrected chi connectivity index (χ0v) is 17.9. The summed E-state index contributed by atoms with van der Waals surface area (Å²) in [6.45, 7) is 0.294. The molecule has 4 rings (SSSR count). The minimum Gasteiger partial charge on any atom is -0.361 e. The van der Waals surface area contributed by atoms with Gasteiger partial charge < -0.3 is 20.2 Å². The Kier molecular flexibility index (Phi) is 6.04. The first kappa shape index (κ1) is 21.3. The highest BCUT2D eigenvalue weighted by Crippen LogP contribution is 2.22. The van der Waals surface area contributed by atoms with Gasteiger partial charge in [-0.3, -0.25) is 14.4 Å². The molecule has 0 spiro atoms. The topological polar surface area (TPSA) is 109 Å². The van der Waals surface area contributed by atoms with Crippen molar-refractivity contribution < 1.29 is 14.4 Å². The van der Waals surface area contributed by atoms with Crippen LogP contribution in [0.25, 0.3) is 10.9 Å². The molecule has 0 radical (unpaired) electrons. The molecule has 0 aliphatic heterocycles. The van der Waals surface area contributed by atoms with Crippen LogP contribution >= 0.6 is 11.6 Å². The maximum Gasteiger partial charge on any atom is 0.313 e. The second kappa shape index (κ2) is 9.07. The lowest BCUT2D eigenvalue weighted by molar-refractivity contribution is -0.136. The molecule has 0 fully saturated rings. The van der Waals surface area contributed by atoms with Crippen molar-refractivity contribution in [3.63, 3.8) is 0 Å². The van der Waals surface area contributed by atoms with Crippen molar-refractivity contribution in [1.29, 1.82) is 0 Å². The number of hydrogen-bond donors (Lipinski definition) is 3. The van der Waals surface area contributed by atoms with Crippen LogP contribution in [0.5, 0.6) is 0 Å². The molecule has 3 N–H and O–H groups in total. The molecule has 0 saturated heterocycles. The molecule has 32 heavy (non-hydrogen) atoms. The first-order chi connectivity index (χ1) is 15.4. The maximum absolute atomic E-state index is 12.4. The summed E-state index contributed by atoms with van der Waals surface area (Å²) < 4.78 is 1.63. The maximum atomic E-state index is 12.4. The van der Waals surface area contributed by atoms with Crippen LogP contribution in [0, 0.1) is 0 Å². The number of benzene rings is 2. The number of aromatic amines is 1. The average molecular weight is 450 g/mol. The van der Waals surface area contributed by atoms with E-state index in [4.69, 9.17) is 11.6 Å². The Morgan fingerprint density at radius 1 is 1.09 bits per heavy atom. The van der Waals surface area contributed by atoms with Gasteiger partial charge in [0, 0.05) is 59.4 Å². The standard InChI is InChI=1S/C23H20ClN5O3/c1-29-11-10-25-21(29)20(30)14-2-5-17(6-3-14)28-23(32)22(31)26-9-8-15-13-27-19-7-4-16(24)12-18(15)19/h2-7,10-13,27H,8-9H2,1H3,(H,26,31)(H,28,32). The van der Waals surface area contributed by atoms with Crippen LogP contribution in [0.1, 0.15) is 21.7 Å². The van der Waals surface area contributed by atoms with E-state index in [-0.39, 0.29) is 5.78 Å². The molecule has 2 aromatic heterocycles. The summed E-state index contributed by atoms with van der Waals surface area (Å²) in [5.41, 5.74) is 2.79. The van der Waals surface area contributed by atoms with Gasteiger partial charge in [0.15, 0.2) is 5.82 Å². The fraction of sp³-hybridized carbons (Fsp3) is 0.130. The van der Waals surface area contributed by atoms with Crippen molar-refractivity contribution >= 4 is 45.8 Å². The van der Waals surface area contributed by atoms with Crippen LogP contribution in [-0.2, 0) is 23.1 Å². The first-order valence-corrected chi connectivity index (χ1v) is 10.3. The van der Waals surface area contributed by atoms with E-state index in [1.807, 2.05) is 18.3 Å². The van der Waals surface area contributed by atoms with Gasteiger partial charge >= 0.3 is 11.8 Å². The summed E-state index contributed by atoms with van der Waals surface area (Å²) >= 11 is 6.05. The molecule has 0 saturated carbocycles. The Bertz CT molecular complexity index is 1310. The van der Waals surface area contributed by atoms with Gasteiger partial charge in [-0.1, -0.05) is 11.6 Å². The average Bonchev–Trinajstić information content (AvgIpc) is 3.39. The monoisotopic (exact) mass is 449 g/mol. The number of amides is 2. The highest BCUT2D eigenvalue weighted by Gasteiger charge is 2.16. The van der Waals surface area contributed by atoms with Gasteiger partial charge in [0.1, 0.15) is 0 Å². The van der Waals surface area contributed by atoms with Gasteiger partial charge in [0.2, 0.25) is 5.78 Å². The van der Waals surface area contributed by atoms with Gasteiger partial charge in [0.05, 0.1) is 0 Å². The summed E-state index contributed by atoms with van der Waals surface area (Å²) in [4.78, 5) is 44.0. The number of fused-ring (bicyclic) bond motifs is 1. The Morgan fingerprint density at radius 3 is 2.59 bits per heavy atom. The van der Waals surface area contributed by atoms with Gasteiger partial charge in [0.25, 0.3) is 0 Å². The Labute approximate surface area is 188 Å². The lowest BCUT2D eigenvalue weighted by Crippen LogP contribution is -2.36. The van der Waals surface area contributed by atoms with E-state index in [2.05, 4.69) is 20.6 Å². The zero-order chi connectivity index (χ0) is 22.7. The molecule has 0 atom stereocenters. The fourth-order valence-corrected chi connectivity index (χ4v) is 3.53. The van der Waals surface area contributed by atoms with E-state index in [0.29, 0.717) is 35.1 Å². The molecular weight excluding hydrogens is 430 g/mol. The normalized spacial score (nSPS) is 10.8. The largest absolute Gasteiger partial charge is 0.361 e. The van der Waals surface area contributed by atoms with E-state index >= 15 is 0 Å². The number of aromatic nitrogens is 3. The molecule has 0 aliphatic carbocycles. The van der Waals surface area contributed by atoms with Crippen molar-refractivity contribution in [3.05, 3.63) is 83.0 Å². The van der Waals surface area contributed by atoms with E-state index < -0.39 is 11.8 Å². The molecular formula is C23H20ClN5O3. The number of nitrogens with zero attached hydrogens (tertiary/aromatic N) is 2. The van der Waals surface area contributed by atoms with Crippen molar-refractivity contribution in [3.8, 4) is 0 Å². The Morgan fingerprint density at radius 2 is 1.88 bits per heavy atom. The number of halogens is 1. The number of nitrogens with one attached hydrogen (secondary N) is 3. The fourth-order valence-electron chi connectivity index (χ4n) is 3.35. The van der Waals surface area contributed by atoms with Crippen LogP contribution in [0.15, 0.2) is 61.1 Å². The second-order valence-electron chi connectivity index (χ2n) is 7.23. The van der Waals surface area contributed by atoms with E-state index in [1.54, 1.807) is 54.3 Å². The van der Waals surface area contributed by atoms with E-state index in [0.717, 1.165) is 16.5 Å². The zero-order valence-electron chi connectivity index (χ0n) is 17.2. The molecule has 2 aromatic carbocycles. The molecule has 0 bridgehead atoms. The third kappa shape index (κ3) is 4.55. The molecule has 0 aliphatic rings. The highest BCUT2D eigenvalue weighted by atomic mass is 35.5. The van der Waals surface area contributed by atoms with Gasteiger partial charge in [-0.2, -0.15) is 0 Å². The quantitative estimate of drug-likeness (QED) is 0.310. The number of H-pyrrole nitrogens is 1. The van der Waals surface area contributed by atoms with E-state index in [1.165, 1.54) is 0 Å². The van der Waals surface area contributed by atoms with Crippen LogP contribution in [0.3, 0.4) is 0 Å². The van der Waals surface area contributed by atoms with Crippen molar-refractivity contribution in [2.75, 3.05) is 11.9 Å². The molecule has 2 heterocycles. The minimum atomic E-state index is -0.782. The first-order valence-electron chi connectivity index (χ1n) is 9.89. The summed E-state index contributed by atoms with van der Waals surface area (Å²) in [5.74, 6) is -1.43. The predicted molar refractivity (Wildman–Crippen MR) is 122 cm³/mol. The van der Waals surface area contributed by atoms with Crippen molar-refractivity contribution in [2.24, 2.45) is 7.05 Å². The predicted octanol–water partition coefficient (Wildman–Crippen LogP) is 3.08. The third-order valence-corrected chi connectivity index (χ3v) is 5.28. The number of imidazole rings is 1. The smallest absolute Gasteiger partial charge is 0.313 e. The number of anilines is 1. The molecule has 4 aromatic rings. The summed E-state index contributed by atoms with van der Waals surface area (Å²) in [6, 6.07) is 11.8. The number of carbonyl (C=O) groups is 3. The number of carbonyl (C=O) groups excluding carboxylic acids is 3. The molecule has 0 unspecified atom stereocenters. The summed E-state index contributed by atoms with van der Waals surface area (Å²) in [5, 5.41) is 6.76. The summed E-state index contributed by atoms with van der Waals surface area (Å²) in [7, 11) is 1.74. The van der Waals surface area contributed by atoms with Crippen molar-refractivity contribution in [1.82, 2.24) is 19.9 Å². The third-order valence-electron chi connectivity index (χ3n) is 5.04. The van der Waals surface area contributed by atoms with E-state index in [9.17, 15) is 14.4 Å². The second-order valence-corrected chi connectivity index (χ2v) is 7.67. The SMILES string of the molecule is Cn1ccnc1C(=O)c1ccc(NC(=O)C(=O)NCCc2c[nH]c3ccc(Cl)cc23)cc1. The van der Waals surface area contributed by atoms with Crippen LogP contribution in [0.2, 0.25) is 5.02 Å². The molecule has 9 heteroatoms. The number of hydrogen-bond acceptors (Lipinski definition) is 4. The van der Waals surface area contributed by atoms with Gasteiger partial charge in [-0.05, 0) is 54.4 Å². The summed E-state index contributed by atoms with van der Waals surface area (Å²) in [6.07, 6.45) is 5.65. The van der Waals surface area contributed by atoms with Crippen molar-refractivity contribution in [2.45, 2.75) is 6.42 Å². The Hall–Kier alpha value is -3.91. The number of aryl methyl sites for hydroxylation is 1. The van der Waals surface area contributed by atoms with Gasteiger partial charge in [-0.15, -0.1) is 0 Å². The van der Waals surface area contributed by atoms with Crippen LogP contribution in [-0.4, -0.2) is 38.7 Å². The molecule has 162 valence electrons. The minimum absolute atomic E-state index is 0.230. The van der Waals surface area contributed by atoms with Gasteiger partial charge in [-0.25, -0.2) is 4.98 Å². The van der Waals surface area contributed by atoms with Crippen LogP contribution in [0.4, 0.5) is 5.69 Å². The Balaban J connectivity index is 1.30. The molecule has 8 nitrogen and oxygen atoms in total. The lowest BCUT2D eigenvalue weighted by Gasteiger charge is -2.07. The lowest BCUT2D eigenvalue weighted by atomic mass is 10.1.